The van der Waals surface area contributed by atoms with Crippen molar-refractivity contribution in [3.8, 4) is 0 Å². The number of benzene rings is 1. The van der Waals surface area contributed by atoms with E-state index < -0.39 is 0 Å². The van der Waals surface area contributed by atoms with Crippen LogP contribution >= 0.6 is 0 Å². The van der Waals surface area contributed by atoms with Gasteiger partial charge in [0, 0.05) is 11.5 Å². The van der Waals surface area contributed by atoms with Gasteiger partial charge in [-0.1, -0.05) is 44.5 Å². The Labute approximate surface area is 111 Å². The fourth-order valence-electron chi connectivity index (χ4n) is 3.14. The highest BCUT2D eigenvalue weighted by Gasteiger charge is 2.42. The van der Waals surface area contributed by atoms with Crippen LogP contribution in [0.4, 0.5) is 0 Å². The minimum Gasteiger partial charge on any atom is -0.330 e. The number of hydrogen-bond acceptors (Lipinski definition) is 2. The molecule has 1 fully saturated rings. The van der Waals surface area contributed by atoms with E-state index in [1.165, 1.54) is 30.4 Å². The first kappa shape index (κ1) is 13.6. The zero-order chi connectivity index (χ0) is 13.2. The molecule has 1 aliphatic carbocycles. The molecule has 2 heteroatoms. The second-order valence-corrected chi connectivity index (χ2v) is 5.96. The van der Waals surface area contributed by atoms with Gasteiger partial charge in [0.1, 0.15) is 0 Å². The summed E-state index contributed by atoms with van der Waals surface area (Å²) in [5.41, 5.74) is 9.09. The maximum atomic E-state index is 6.02. The molecule has 1 aliphatic rings. The zero-order valence-electron chi connectivity index (χ0n) is 11.9. The van der Waals surface area contributed by atoms with Crippen LogP contribution in [-0.2, 0) is 0 Å². The van der Waals surface area contributed by atoms with Crippen LogP contribution in [0.15, 0.2) is 24.3 Å². The Bertz CT molecular complexity index is 371. The Hall–Kier alpha value is -0.860. The third kappa shape index (κ3) is 2.32. The van der Waals surface area contributed by atoms with Crippen molar-refractivity contribution in [2.45, 2.75) is 45.1 Å². The summed E-state index contributed by atoms with van der Waals surface area (Å²) in [5.74, 6) is 0.597. The standard InChI is InChI=1S/C16H26N2/c1-12(2)13-5-7-14(8-6-13)15(18-3)16(11-17)9-4-10-16/h5-8,12,15,18H,4,9-11,17H2,1-3H3. The number of nitrogens with one attached hydrogen (secondary N) is 1. The molecule has 2 nitrogen and oxygen atoms in total. The van der Waals surface area contributed by atoms with E-state index in [-0.39, 0.29) is 5.41 Å². The molecule has 1 saturated carbocycles. The molecule has 18 heavy (non-hydrogen) atoms. The van der Waals surface area contributed by atoms with Gasteiger partial charge in [-0.15, -0.1) is 0 Å². The van der Waals surface area contributed by atoms with Crippen molar-refractivity contribution in [1.82, 2.24) is 5.32 Å². The maximum absolute atomic E-state index is 6.02. The van der Waals surface area contributed by atoms with Crippen molar-refractivity contribution >= 4 is 0 Å². The molecule has 0 aliphatic heterocycles. The molecular weight excluding hydrogens is 220 g/mol. The highest BCUT2D eigenvalue weighted by Crippen LogP contribution is 2.49. The molecule has 0 spiro atoms. The Morgan fingerprint density at radius 2 is 1.72 bits per heavy atom. The van der Waals surface area contributed by atoms with Gasteiger partial charge in [0.25, 0.3) is 0 Å². The molecule has 0 amide bonds. The summed E-state index contributed by atoms with van der Waals surface area (Å²) in [6.07, 6.45) is 3.82. The third-order valence-electron chi connectivity index (χ3n) is 4.59. The minimum atomic E-state index is 0.286. The molecular formula is C16H26N2. The Morgan fingerprint density at radius 3 is 2.06 bits per heavy atom. The summed E-state index contributed by atoms with van der Waals surface area (Å²) in [4.78, 5) is 0. The molecule has 0 saturated heterocycles. The normalized spacial score (nSPS) is 19.6. The van der Waals surface area contributed by atoms with Gasteiger partial charge in [-0.05, 0) is 43.5 Å². The van der Waals surface area contributed by atoms with E-state index in [0.29, 0.717) is 12.0 Å². The third-order valence-corrected chi connectivity index (χ3v) is 4.59. The highest BCUT2D eigenvalue weighted by atomic mass is 14.9. The first-order valence-corrected chi connectivity index (χ1v) is 7.10. The summed E-state index contributed by atoms with van der Waals surface area (Å²) in [6.45, 7) is 5.25. The van der Waals surface area contributed by atoms with Crippen LogP contribution in [0.2, 0.25) is 0 Å². The smallest absolute Gasteiger partial charge is 0.0386 e. The largest absolute Gasteiger partial charge is 0.330 e. The molecule has 0 heterocycles. The number of nitrogens with two attached hydrogens (primary N) is 1. The predicted molar refractivity (Wildman–Crippen MR) is 77.7 cm³/mol. The van der Waals surface area contributed by atoms with E-state index in [1.54, 1.807) is 0 Å². The van der Waals surface area contributed by atoms with Gasteiger partial charge in [0.05, 0.1) is 0 Å². The lowest BCUT2D eigenvalue weighted by molar-refractivity contribution is 0.0880. The van der Waals surface area contributed by atoms with Crippen molar-refractivity contribution in [3.05, 3.63) is 35.4 Å². The Kier molecular flexibility index (Phi) is 4.08. The maximum Gasteiger partial charge on any atom is 0.0386 e. The summed E-state index contributed by atoms with van der Waals surface area (Å²) < 4.78 is 0. The molecule has 1 aromatic rings. The molecule has 1 aromatic carbocycles. The zero-order valence-corrected chi connectivity index (χ0v) is 11.9. The van der Waals surface area contributed by atoms with Gasteiger partial charge in [-0.25, -0.2) is 0 Å². The summed E-state index contributed by atoms with van der Waals surface area (Å²) in [7, 11) is 2.05. The molecule has 100 valence electrons. The minimum absolute atomic E-state index is 0.286. The van der Waals surface area contributed by atoms with Crippen LogP contribution in [0.3, 0.4) is 0 Å². The van der Waals surface area contributed by atoms with Crippen molar-refractivity contribution in [3.63, 3.8) is 0 Å². The SMILES string of the molecule is CNC(c1ccc(C(C)C)cc1)C1(CN)CCC1. The van der Waals surface area contributed by atoms with Gasteiger partial charge in [-0.3, -0.25) is 0 Å². The Balaban J connectivity index is 2.22. The van der Waals surface area contributed by atoms with E-state index in [4.69, 9.17) is 5.73 Å². The molecule has 2 rings (SSSR count). The van der Waals surface area contributed by atoms with E-state index in [0.717, 1.165) is 6.54 Å². The van der Waals surface area contributed by atoms with Crippen molar-refractivity contribution in [2.75, 3.05) is 13.6 Å². The summed E-state index contributed by atoms with van der Waals surface area (Å²) >= 11 is 0. The Morgan fingerprint density at radius 1 is 1.17 bits per heavy atom. The summed E-state index contributed by atoms with van der Waals surface area (Å²) in [6, 6.07) is 9.45. The second kappa shape index (κ2) is 5.41. The molecule has 0 bridgehead atoms. The lowest BCUT2D eigenvalue weighted by Crippen LogP contribution is -2.47. The lowest BCUT2D eigenvalue weighted by Gasteiger charge is -2.47. The fraction of sp³-hybridized carbons (Fsp3) is 0.625. The van der Waals surface area contributed by atoms with Crippen LogP contribution in [0.25, 0.3) is 0 Å². The first-order valence-electron chi connectivity index (χ1n) is 7.10. The average molecular weight is 246 g/mol. The van der Waals surface area contributed by atoms with E-state index in [1.807, 2.05) is 0 Å². The second-order valence-electron chi connectivity index (χ2n) is 5.96. The van der Waals surface area contributed by atoms with E-state index >= 15 is 0 Å². The fourth-order valence-corrected chi connectivity index (χ4v) is 3.14. The molecule has 0 aromatic heterocycles. The lowest BCUT2D eigenvalue weighted by atomic mass is 9.62. The van der Waals surface area contributed by atoms with Crippen LogP contribution in [-0.4, -0.2) is 13.6 Å². The van der Waals surface area contributed by atoms with E-state index in [2.05, 4.69) is 50.5 Å². The van der Waals surface area contributed by atoms with Gasteiger partial charge < -0.3 is 11.1 Å². The van der Waals surface area contributed by atoms with Crippen molar-refractivity contribution in [2.24, 2.45) is 11.1 Å². The first-order chi connectivity index (χ1) is 8.63. The topological polar surface area (TPSA) is 38.0 Å². The van der Waals surface area contributed by atoms with Crippen molar-refractivity contribution < 1.29 is 0 Å². The average Bonchev–Trinajstić information content (AvgIpc) is 2.34. The highest BCUT2D eigenvalue weighted by molar-refractivity contribution is 5.29. The van der Waals surface area contributed by atoms with Crippen LogP contribution in [0.1, 0.15) is 56.2 Å². The van der Waals surface area contributed by atoms with Gasteiger partial charge in [-0.2, -0.15) is 0 Å². The van der Waals surface area contributed by atoms with Gasteiger partial charge in [0.15, 0.2) is 0 Å². The molecule has 1 atom stereocenters. The number of rotatable bonds is 5. The van der Waals surface area contributed by atoms with Crippen LogP contribution in [0, 0.1) is 5.41 Å². The molecule has 1 unspecified atom stereocenters. The van der Waals surface area contributed by atoms with Crippen LogP contribution < -0.4 is 11.1 Å². The van der Waals surface area contributed by atoms with Gasteiger partial charge in [0.2, 0.25) is 0 Å². The van der Waals surface area contributed by atoms with Crippen molar-refractivity contribution in [1.29, 1.82) is 0 Å². The molecule has 3 N–H and O–H groups in total. The summed E-state index contributed by atoms with van der Waals surface area (Å²) in [5, 5.41) is 3.48. The van der Waals surface area contributed by atoms with E-state index in [9.17, 15) is 0 Å². The van der Waals surface area contributed by atoms with Gasteiger partial charge >= 0.3 is 0 Å². The monoisotopic (exact) mass is 246 g/mol. The molecule has 0 radical (unpaired) electrons. The van der Waals surface area contributed by atoms with Crippen LogP contribution in [0.5, 0.6) is 0 Å². The quantitative estimate of drug-likeness (QED) is 0.837. The predicted octanol–water partition coefficient (Wildman–Crippen LogP) is 3.20. The number of hydrogen-bond donors (Lipinski definition) is 2.